The van der Waals surface area contributed by atoms with Crippen molar-refractivity contribution in [2.45, 2.75) is 19.3 Å². The zero-order chi connectivity index (χ0) is 23.0. The summed E-state index contributed by atoms with van der Waals surface area (Å²) < 4.78 is 41.3. The average Bonchev–Trinajstić information content (AvgIpc) is 3.39. The number of anilines is 2. The molecular formula is C23H18F3N5O2. The Morgan fingerprint density at radius 3 is 2.88 bits per heavy atom. The second-order valence-electron chi connectivity index (χ2n) is 7.70. The van der Waals surface area contributed by atoms with Gasteiger partial charge in [0.1, 0.15) is 5.75 Å². The summed E-state index contributed by atoms with van der Waals surface area (Å²) in [6.45, 7) is 1.43. The number of carbonyl (C=O) groups excluding carboxylic acids is 1. The molecule has 7 nitrogen and oxygen atoms in total. The van der Waals surface area contributed by atoms with E-state index in [-0.39, 0.29) is 5.69 Å². The first-order valence-electron chi connectivity index (χ1n) is 10.2. The van der Waals surface area contributed by atoms with Crippen molar-refractivity contribution in [3.63, 3.8) is 0 Å². The van der Waals surface area contributed by atoms with Gasteiger partial charge in [-0.05, 0) is 47.9 Å². The van der Waals surface area contributed by atoms with Gasteiger partial charge in [-0.25, -0.2) is 4.98 Å². The summed E-state index contributed by atoms with van der Waals surface area (Å²) in [5, 5.41) is 10.4. The molecule has 0 fully saturated rings. The van der Waals surface area contributed by atoms with Crippen LogP contribution in [0.2, 0.25) is 0 Å². The summed E-state index contributed by atoms with van der Waals surface area (Å²) in [6.07, 6.45) is -0.425. The maximum atomic E-state index is 12.8. The van der Waals surface area contributed by atoms with Crippen LogP contribution in [0.25, 0.3) is 11.0 Å². The molecule has 10 heteroatoms. The van der Waals surface area contributed by atoms with Crippen molar-refractivity contribution in [3.8, 4) is 5.75 Å². The van der Waals surface area contributed by atoms with Crippen LogP contribution < -0.4 is 15.0 Å². The van der Waals surface area contributed by atoms with E-state index in [1.54, 1.807) is 24.5 Å². The van der Waals surface area contributed by atoms with Crippen molar-refractivity contribution in [2.75, 3.05) is 16.8 Å². The van der Waals surface area contributed by atoms with Crippen molar-refractivity contribution in [1.82, 2.24) is 15.2 Å². The first-order chi connectivity index (χ1) is 15.8. The Kier molecular flexibility index (Phi) is 5.12. The number of aromatic nitrogens is 3. The zero-order valence-corrected chi connectivity index (χ0v) is 17.2. The highest BCUT2D eigenvalue weighted by Gasteiger charge is 2.31. The number of ether oxygens (including phenoxy) is 1. The van der Waals surface area contributed by atoms with Crippen LogP contribution in [-0.4, -0.2) is 34.0 Å². The third-order valence-corrected chi connectivity index (χ3v) is 5.39. The minimum Gasteiger partial charge on any atom is -0.406 e. The van der Waals surface area contributed by atoms with Gasteiger partial charge in [-0.3, -0.25) is 9.89 Å². The van der Waals surface area contributed by atoms with Gasteiger partial charge in [-0.1, -0.05) is 12.1 Å². The molecule has 3 heterocycles. The monoisotopic (exact) mass is 453 g/mol. The molecule has 0 spiro atoms. The third kappa shape index (κ3) is 4.59. The van der Waals surface area contributed by atoms with E-state index in [9.17, 15) is 18.0 Å². The Labute approximate surface area is 186 Å². The van der Waals surface area contributed by atoms with Gasteiger partial charge in [0.05, 0.1) is 6.20 Å². The number of halogens is 3. The molecule has 0 radical (unpaired) electrons. The van der Waals surface area contributed by atoms with Gasteiger partial charge in [0.15, 0.2) is 5.65 Å². The van der Waals surface area contributed by atoms with E-state index in [1.807, 2.05) is 12.1 Å². The van der Waals surface area contributed by atoms with Crippen LogP contribution in [-0.2, 0) is 13.0 Å². The van der Waals surface area contributed by atoms with Gasteiger partial charge in [-0.2, -0.15) is 5.10 Å². The summed E-state index contributed by atoms with van der Waals surface area (Å²) >= 11 is 0. The molecule has 5 rings (SSSR count). The highest BCUT2D eigenvalue weighted by molar-refractivity contribution is 6.05. The van der Waals surface area contributed by atoms with E-state index >= 15 is 0 Å². The molecule has 33 heavy (non-hydrogen) atoms. The molecule has 2 N–H and O–H groups in total. The van der Waals surface area contributed by atoms with Crippen LogP contribution in [0.15, 0.2) is 60.9 Å². The first kappa shape index (κ1) is 20.8. The number of hydrogen-bond donors (Lipinski definition) is 2. The number of alkyl halides is 3. The van der Waals surface area contributed by atoms with Crippen LogP contribution in [0.4, 0.5) is 24.5 Å². The number of H-pyrrole nitrogens is 1. The van der Waals surface area contributed by atoms with Gasteiger partial charge in [0.2, 0.25) is 0 Å². The zero-order valence-electron chi connectivity index (χ0n) is 17.2. The van der Waals surface area contributed by atoms with E-state index in [0.29, 0.717) is 12.1 Å². The molecule has 0 saturated carbocycles. The van der Waals surface area contributed by atoms with Crippen molar-refractivity contribution < 1.29 is 22.7 Å². The molecule has 2 aromatic carbocycles. The summed E-state index contributed by atoms with van der Waals surface area (Å²) in [7, 11) is 0. The van der Waals surface area contributed by atoms with Gasteiger partial charge < -0.3 is 15.0 Å². The molecule has 1 aliphatic rings. The van der Waals surface area contributed by atoms with E-state index in [0.717, 1.165) is 46.9 Å². The summed E-state index contributed by atoms with van der Waals surface area (Å²) in [6, 6.07) is 12.6. The number of nitrogens with zero attached hydrogens (tertiary/aromatic N) is 3. The van der Waals surface area contributed by atoms with E-state index in [2.05, 4.69) is 30.1 Å². The van der Waals surface area contributed by atoms with Gasteiger partial charge in [0.25, 0.3) is 5.91 Å². The highest BCUT2D eigenvalue weighted by atomic mass is 19.4. The molecule has 168 valence electrons. The maximum Gasteiger partial charge on any atom is 0.573 e. The van der Waals surface area contributed by atoms with Crippen LogP contribution in [0.1, 0.15) is 21.5 Å². The molecule has 4 aromatic rings. The minimum absolute atomic E-state index is 0.207. The Morgan fingerprint density at radius 1 is 1.15 bits per heavy atom. The number of carbonyl (C=O) groups is 1. The lowest BCUT2D eigenvalue weighted by molar-refractivity contribution is -0.274. The largest absolute Gasteiger partial charge is 0.573 e. The lowest BCUT2D eigenvalue weighted by atomic mass is 10.1. The molecule has 0 aliphatic carbocycles. The van der Waals surface area contributed by atoms with Crippen molar-refractivity contribution in [1.29, 1.82) is 0 Å². The Morgan fingerprint density at radius 2 is 2.03 bits per heavy atom. The molecule has 1 amide bonds. The van der Waals surface area contributed by atoms with Gasteiger partial charge >= 0.3 is 6.36 Å². The smallest absolute Gasteiger partial charge is 0.406 e. The van der Waals surface area contributed by atoms with Crippen molar-refractivity contribution in [3.05, 3.63) is 77.6 Å². The van der Waals surface area contributed by atoms with E-state index in [4.69, 9.17) is 0 Å². The topological polar surface area (TPSA) is 83.1 Å². The fourth-order valence-corrected chi connectivity index (χ4v) is 3.91. The van der Waals surface area contributed by atoms with E-state index in [1.165, 1.54) is 18.2 Å². The standard InChI is InChI=1S/C23H18F3N5O2/c24-23(25,26)33-19-3-1-2-18(10-19)29-22(32)16-5-4-15-6-7-31(20(15)9-16)13-14-8-17-12-28-30-21(17)27-11-14/h1-5,8-12H,6-7,13H2,(H,29,32)(H,27,28,30). The number of pyridine rings is 1. The first-order valence-corrected chi connectivity index (χ1v) is 10.2. The molecule has 0 atom stereocenters. The molecule has 1 aliphatic heterocycles. The quantitative estimate of drug-likeness (QED) is 0.459. The number of amides is 1. The Hall–Kier alpha value is -4.08. The van der Waals surface area contributed by atoms with Crippen LogP contribution in [0.5, 0.6) is 5.75 Å². The Balaban J connectivity index is 1.32. The molecule has 0 bridgehead atoms. The number of benzene rings is 2. The summed E-state index contributed by atoms with van der Waals surface area (Å²) in [5.74, 6) is -0.820. The lowest BCUT2D eigenvalue weighted by Crippen LogP contribution is -2.20. The SMILES string of the molecule is O=C(Nc1cccc(OC(F)(F)F)c1)c1ccc2c(c1)N(Cc1cnc3[nH]ncc3c1)CC2. The minimum atomic E-state index is -4.80. The molecule has 2 aromatic heterocycles. The predicted octanol–water partition coefficient (Wildman–Crippen LogP) is 4.67. The Bertz CT molecular complexity index is 1340. The second-order valence-corrected chi connectivity index (χ2v) is 7.70. The van der Waals surface area contributed by atoms with Gasteiger partial charge in [0, 0.05) is 47.7 Å². The van der Waals surface area contributed by atoms with Crippen LogP contribution in [0.3, 0.4) is 0 Å². The van der Waals surface area contributed by atoms with Crippen LogP contribution in [0, 0.1) is 0 Å². The normalized spacial score (nSPS) is 13.2. The predicted molar refractivity (Wildman–Crippen MR) is 116 cm³/mol. The fourth-order valence-electron chi connectivity index (χ4n) is 3.91. The van der Waals surface area contributed by atoms with E-state index < -0.39 is 18.0 Å². The summed E-state index contributed by atoms with van der Waals surface area (Å²) in [4.78, 5) is 19.3. The lowest BCUT2D eigenvalue weighted by Gasteiger charge is -2.20. The summed E-state index contributed by atoms with van der Waals surface area (Å²) in [5.41, 5.74) is 4.44. The maximum absolute atomic E-state index is 12.8. The number of rotatable bonds is 5. The number of aromatic amines is 1. The number of nitrogens with one attached hydrogen (secondary N) is 2. The van der Waals surface area contributed by atoms with Crippen molar-refractivity contribution >= 4 is 28.3 Å². The van der Waals surface area contributed by atoms with Crippen LogP contribution >= 0.6 is 0 Å². The molecule has 0 saturated heterocycles. The number of hydrogen-bond acceptors (Lipinski definition) is 5. The highest BCUT2D eigenvalue weighted by Crippen LogP contribution is 2.31. The molecular weight excluding hydrogens is 435 g/mol. The average molecular weight is 453 g/mol. The fraction of sp³-hybridized carbons (Fsp3) is 0.174. The second kappa shape index (κ2) is 8.12. The van der Waals surface area contributed by atoms with Crippen molar-refractivity contribution in [2.24, 2.45) is 0 Å². The number of fused-ring (bicyclic) bond motifs is 2. The molecule has 0 unspecified atom stereocenters. The third-order valence-electron chi connectivity index (χ3n) is 5.39. The van der Waals surface area contributed by atoms with Gasteiger partial charge in [-0.15, -0.1) is 13.2 Å².